The van der Waals surface area contributed by atoms with Crippen LogP contribution in [0.5, 0.6) is 0 Å². The first-order valence-corrected chi connectivity index (χ1v) is 8.31. The lowest BCUT2D eigenvalue weighted by atomic mass is 10.1. The zero-order valence-corrected chi connectivity index (χ0v) is 13.8. The zero-order chi connectivity index (χ0) is 15.5. The van der Waals surface area contributed by atoms with Gasteiger partial charge in [-0.2, -0.15) is 0 Å². The number of furan rings is 1. The molecular formula is C17H19N3OS. The Morgan fingerprint density at radius 2 is 1.95 bits per heavy atom. The monoisotopic (exact) mass is 313 g/mol. The molecule has 0 aliphatic rings. The van der Waals surface area contributed by atoms with Gasteiger partial charge in [-0.15, -0.1) is 10.2 Å². The van der Waals surface area contributed by atoms with Gasteiger partial charge in [-0.05, 0) is 44.0 Å². The summed E-state index contributed by atoms with van der Waals surface area (Å²) < 4.78 is 7.60. The van der Waals surface area contributed by atoms with Gasteiger partial charge in [0, 0.05) is 11.8 Å². The van der Waals surface area contributed by atoms with Crippen molar-refractivity contribution in [1.29, 1.82) is 0 Å². The van der Waals surface area contributed by atoms with E-state index in [1.54, 1.807) is 18.0 Å². The van der Waals surface area contributed by atoms with E-state index in [0.717, 1.165) is 22.5 Å². The van der Waals surface area contributed by atoms with Gasteiger partial charge in [0.25, 0.3) is 0 Å². The topological polar surface area (TPSA) is 43.9 Å². The number of nitrogens with zero attached hydrogens (tertiary/aromatic N) is 3. The van der Waals surface area contributed by atoms with E-state index in [-0.39, 0.29) is 6.04 Å². The second-order valence-corrected chi connectivity index (χ2v) is 6.40. The van der Waals surface area contributed by atoms with Gasteiger partial charge in [0.15, 0.2) is 10.9 Å². The Bertz CT molecular complexity index is 747. The highest BCUT2D eigenvalue weighted by Crippen LogP contribution is 2.30. The first-order valence-electron chi connectivity index (χ1n) is 7.33. The molecule has 114 valence electrons. The van der Waals surface area contributed by atoms with Crippen LogP contribution in [0, 0.1) is 6.92 Å². The third-order valence-corrected chi connectivity index (χ3v) is 4.53. The third-order valence-electron chi connectivity index (χ3n) is 3.54. The van der Waals surface area contributed by atoms with Crippen LogP contribution < -0.4 is 0 Å². The molecule has 0 amide bonds. The molecule has 0 aliphatic heterocycles. The van der Waals surface area contributed by atoms with Crippen molar-refractivity contribution in [1.82, 2.24) is 14.8 Å². The predicted octanol–water partition coefficient (Wildman–Crippen LogP) is 4.72. The number of hydrogen-bond donors (Lipinski definition) is 0. The van der Waals surface area contributed by atoms with E-state index >= 15 is 0 Å². The largest absolute Gasteiger partial charge is 0.461 e. The fraction of sp³-hybridized carbons (Fsp3) is 0.294. The fourth-order valence-electron chi connectivity index (χ4n) is 2.33. The number of hydrogen-bond acceptors (Lipinski definition) is 4. The van der Waals surface area contributed by atoms with Gasteiger partial charge in [0.1, 0.15) is 0 Å². The molecule has 3 rings (SSSR count). The summed E-state index contributed by atoms with van der Waals surface area (Å²) in [5.74, 6) is 2.42. The lowest BCUT2D eigenvalue weighted by Crippen LogP contribution is -2.04. The van der Waals surface area contributed by atoms with Crippen molar-refractivity contribution in [3.8, 4) is 11.6 Å². The third kappa shape index (κ3) is 2.95. The smallest absolute Gasteiger partial charge is 0.200 e. The minimum Gasteiger partial charge on any atom is -0.461 e. The lowest BCUT2D eigenvalue weighted by Gasteiger charge is -2.13. The van der Waals surface area contributed by atoms with Crippen molar-refractivity contribution in [2.45, 2.75) is 37.7 Å². The summed E-state index contributed by atoms with van der Waals surface area (Å²) in [5, 5.41) is 9.59. The molecular weight excluding hydrogens is 294 g/mol. The SMILES string of the molecule is Cc1ccccc1CSc1nnc(-c2ccco2)n1C(C)C. The van der Waals surface area contributed by atoms with E-state index in [4.69, 9.17) is 4.42 Å². The van der Waals surface area contributed by atoms with Crippen molar-refractivity contribution in [2.75, 3.05) is 0 Å². The quantitative estimate of drug-likeness (QED) is 0.639. The van der Waals surface area contributed by atoms with Gasteiger partial charge in [0.2, 0.25) is 5.82 Å². The zero-order valence-electron chi connectivity index (χ0n) is 13.0. The van der Waals surface area contributed by atoms with E-state index in [0.29, 0.717) is 0 Å². The maximum Gasteiger partial charge on any atom is 0.200 e. The van der Waals surface area contributed by atoms with Gasteiger partial charge in [-0.25, -0.2) is 0 Å². The highest BCUT2D eigenvalue weighted by atomic mass is 32.2. The summed E-state index contributed by atoms with van der Waals surface area (Å²) in [6.45, 7) is 6.40. The molecule has 0 fully saturated rings. The number of benzene rings is 1. The van der Waals surface area contributed by atoms with E-state index in [1.165, 1.54) is 11.1 Å². The Hall–Kier alpha value is -2.01. The number of thioether (sulfide) groups is 1. The number of rotatable bonds is 5. The minimum absolute atomic E-state index is 0.273. The summed E-state index contributed by atoms with van der Waals surface area (Å²) in [7, 11) is 0. The van der Waals surface area contributed by atoms with Crippen LogP contribution in [0.1, 0.15) is 31.0 Å². The standard InChI is InChI=1S/C17H19N3OS/c1-12(2)20-16(15-9-6-10-21-15)18-19-17(20)22-11-14-8-5-4-7-13(14)3/h4-10,12H,11H2,1-3H3. The molecule has 0 unspecified atom stereocenters. The molecule has 0 aliphatic carbocycles. The van der Waals surface area contributed by atoms with Crippen LogP contribution in [0.4, 0.5) is 0 Å². The molecule has 0 spiro atoms. The van der Waals surface area contributed by atoms with Crippen molar-refractivity contribution in [3.63, 3.8) is 0 Å². The Balaban J connectivity index is 1.87. The maximum absolute atomic E-state index is 5.47. The lowest BCUT2D eigenvalue weighted by molar-refractivity contribution is 0.529. The minimum atomic E-state index is 0.273. The highest BCUT2D eigenvalue weighted by molar-refractivity contribution is 7.98. The Morgan fingerprint density at radius 3 is 2.64 bits per heavy atom. The van der Waals surface area contributed by atoms with Crippen molar-refractivity contribution in [3.05, 3.63) is 53.8 Å². The van der Waals surface area contributed by atoms with Crippen molar-refractivity contribution in [2.24, 2.45) is 0 Å². The average molecular weight is 313 g/mol. The van der Waals surface area contributed by atoms with Gasteiger partial charge in [-0.1, -0.05) is 36.0 Å². The molecule has 1 aromatic carbocycles. The number of aryl methyl sites for hydroxylation is 1. The van der Waals surface area contributed by atoms with Gasteiger partial charge < -0.3 is 4.42 Å². The molecule has 4 nitrogen and oxygen atoms in total. The summed E-state index contributed by atoms with van der Waals surface area (Å²) in [4.78, 5) is 0. The van der Waals surface area contributed by atoms with Crippen molar-refractivity contribution >= 4 is 11.8 Å². The molecule has 0 radical (unpaired) electrons. The van der Waals surface area contributed by atoms with Crippen LogP contribution in [0.15, 0.2) is 52.2 Å². The van der Waals surface area contributed by atoms with Gasteiger partial charge in [0.05, 0.1) is 6.26 Å². The normalized spacial score (nSPS) is 11.3. The van der Waals surface area contributed by atoms with Crippen LogP contribution in [0.25, 0.3) is 11.6 Å². The second kappa shape index (κ2) is 6.40. The van der Waals surface area contributed by atoms with E-state index < -0.39 is 0 Å². The van der Waals surface area contributed by atoms with Crippen LogP contribution in [0.3, 0.4) is 0 Å². The first kappa shape index (κ1) is 14.9. The van der Waals surface area contributed by atoms with E-state index in [2.05, 4.69) is 59.8 Å². The van der Waals surface area contributed by atoms with Crippen molar-refractivity contribution < 1.29 is 4.42 Å². The molecule has 0 saturated carbocycles. The Kier molecular flexibility index (Phi) is 4.34. The summed E-state index contributed by atoms with van der Waals surface area (Å²) in [6.07, 6.45) is 1.66. The summed E-state index contributed by atoms with van der Waals surface area (Å²) >= 11 is 1.71. The molecule has 0 N–H and O–H groups in total. The van der Waals surface area contributed by atoms with Crippen LogP contribution >= 0.6 is 11.8 Å². The average Bonchev–Trinajstić information content (AvgIpc) is 3.15. The summed E-state index contributed by atoms with van der Waals surface area (Å²) in [6, 6.07) is 12.5. The molecule has 2 heterocycles. The molecule has 5 heteroatoms. The highest BCUT2D eigenvalue weighted by Gasteiger charge is 2.18. The maximum atomic E-state index is 5.47. The Labute approximate surface area is 134 Å². The molecule has 3 aromatic rings. The molecule has 0 saturated heterocycles. The Morgan fingerprint density at radius 1 is 1.14 bits per heavy atom. The van der Waals surface area contributed by atoms with Crippen LogP contribution in [-0.2, 0) is 5.75 Å². The molecule has 0 bridgehead atoms. The van der Waals surface area contributed by atoms with Crippen LogP contribution in [-0.4, -0.2) is 14.8 Å². The fourth-order valence-corrected chi connectivity index (χ4v) is 3.47. The molecule has 22 heavy (non-hydrogen) atoms. The van der Waals surface area contributed by atoms with Gasteiger partial charge in [-0.3, -0.25) is 4.57 Å². The predicted molar refractivity (Wildman–Crippen MR) is 88.8 cm³/mol. The molecule has 2 aromatic heterocycles. The van der Waals surface area contributed by atoms with E-state index in [9.17, 15) is 0 Å². The molecule has 0 atom stereocenters. The van der Waals surface area contributed by atoms with Gasteiger partial charge >= 0.3 is 0 Å². The van der Waals surface area contributed by atoms with E-state index in [1.807, 2.05) is 12.1 Å². The van der Waals surface area contributed by atoms with Crippen LogP contribution in [0.2, 0.25) is 0 Å². The first-order chi connectivity index (χ1) is 10.7. The number of aromatic nitrogens is 3. The second-order valence-electron chi connectivity index (χ2n) is 5.46. The summed E-state index contributed by atoms with van der Waals surface area (Å²) in [5.41, 5.74) is 2.63.